The number of halogens is 1. The Balaban J connectivity index is 1.31. The van der Waals surface area contributed by atoms with Crippen molar-refractivity contribution in [1.29, 1.82) is 0 Å². The van der Waals surface area contributed by atoms with Crippen LogP contribution in [0.3, 0.4) is 0 Å². The highest BCUT2D eigenvalue weighted by molar-refractivity contribution is 7.99. The van der Waals surface area contributed by atoms with Gasteiger partial charge in [-0.2, -0.15) is 0 Å². The maximum absolute atomic E-state index is 12.9. The molecule has 1 atom stereocenters. The molecular formula is C25H33ClN6O3S. The Labute approximate surface area is 221 Å². The highest BCUT2D eigenvalue weighted by atomic mass is 35.5. The van der Waals surface area contributed by atoms with Gasteiger partial charge in [0.25, 0.3) is 0 Å². The first kappa shape index (κ1) is 26.3. The van der Waals surface area contributed by atoms with E-state index in [-0.39, 0.29) is 23.6 Å². The van der Waals surface area contributed by atoms with E-state index in [1.165, 1.54) is 11.8 Å². The molecule has 1 aromatic carbocycles. The van der Waals surface area contributed by atoms with Gasteiger partial charge >= 0.3 is 0 Å². The van der Waals surface area contributed by atoms with E-state index >= 15 is 0 Å². The first-order valence-electron chi connectivity index (χ1n) is 12.3. The minimum atomic E-state index is 0.0616. The smallest absolute Gasteiger partial charge is 0.233 e. The standard InChI is InChI=1S/C25H33ClN6O3S/c1-4-35-21-8-6-5-7-20(21)29-9-11-30(12-10-29)24(34)17-36-25-27-22(26)15-23(28-25)31-13-14-32(19(3)33)18(2)16-31/h5-8,15,18H,4,9-14,16-17H2,1-3H3. The molecule has 0 spiro atoms. The van der Waals surface area contributed by atoms with Crippen molar-refractivity contribution in [2.24, 2.45) is 0 Å². The molecule has 1 unspecified atom stereocenters. The molecular weight excluding hydrogens is 500 g/mol. The van der Waals surface area contributed by atoms with Gasteiger partial charge in [-0.3, -0.25) is 9.59 Å². The van der Waals surface area contributed by atoms with Gasteiger partial charge < -0.3 is 24.3 Å². The molecule has 0 aliphatic carbocycles. The van der Waals surface area contributed by atoms with Gasteiger partial charge in [0.2, 0.25) is 11.8 Å². The van der Waals surface area contributed by atoms with Crippen LogP contribution < -0.4 is 14.5 Å². The van der Waals surface area contributed by atoms with Crippen LogP contribution in [-0.4, -0.2) is 95.8 Å². The first-order valence-corrected chi connectivity index (χ1v) is 13.7. The summed E-state index contributed by atoms with van der Waals surface area (Å²) in [7, 11) is 0. The number of thioether (sulfide) groups is 1. The number of hydrogen-bond donors (Lipinski definition) is 0. The Bertz CT molecular complexity index is 1080. The lowest BCUT2D eigenvalue weighted by atomic mass is 10.2. The maximum Gasteiger partial charge on any atom is 0.233 e. The number of carbonyl (C=O) groups excluding carboxylic acids is 2. The zero-order chi connectivity index (χ0) is 25.7. The number of carbonyl (C=O) groups is 2. The molecule has 2 aromatic rings. The fourth-order valence-electron chi connectivity index (χ4n) is 4.66. The Morgan fingerprint density at radius 2 is 1.81 bits per heavy atom. The number of ether oxygens (including phenoxy) is 1. The van der Waals surface area contributed by atoms with Crippen LogP contribution in [0.2, 0.25) is 5.15 Å². The Kier molecular flexibility index (Phi) is 8.79. The van der Waals surface area contributed by atoms with Gasteiger partial charge in [0, 0.05) is 64.8 Å². The molecule has 4 rings (SSSR count). The third kappa shape index (κ3) is 6.34. The molecule has 1 aromatic heterocycles. The summed E-state index contributed by atoms with van der Waals surface area (Å²) in [4.78, 5) is 41.8. The normalized spacial score (nSPS) is 18.4. The fraction of sp³-hybridized carbons (Fsp3) is 0.520. The number of para-hydroxylation sites is 2. The second-order valence-electron chi connectivity index (χ2n) is 8.90. The van der Waals surface area contributed by atoms with Gasteiger partial charge in [-0.05, 0) is 26.0 Å². The monoisotopic (exact) mass is 532 g/mol. The van der Waals surface area contributed by atoms with Gasteiger partial charge in [0.05, 0.1) is 18.0 Å². The summed E-state index contributed by atoms with van der Waals surface area (Å²) in [6, 6.07) is 9.85. The maximum atomic E-state index is 12.9. The molecule has 2 amide bonds. The van der Waals surface area contributed by atoms with Gasteiger partial charge in [0.15, 0.2) is 5.16 Å². The van der Waals surface area contributed by atoms with E-state index in [0.29, 0.717) is 49.6 Å². The largest absolute Gasteiger partial charge is 0.492 e. The van der Waals surface area contributed by atoms with Gasteiger partial charge in [0.1, 0.15) is 16.7 Å². The van der Waals surface area contributed by atoms with Crippen LogP contribution in [0.4, 0.5) is 11.5 Å². The van der Waals surface area contributed by atoms with Crippen molar-refractivity contribution in [3.63, 3.8) is 0 Å². The lowest BCUT2D eigenvalue weighted by molar-refractivity contribution is -0.131. The minimum absolute atomic E-state index is 0.0616. The summed E-state index contributed by atoms with van der Waals surface area (Å²) < 4.78 is 5.77. The van der Waals surface area contributed by atoms with Crippen molar-refractivity contribution in [1.82, 2.24) is 19.8 Å². The van der Waals surface area contributed by atoms with Crippen LogP contribution in [0.5, 0.6) is 5.75 Å². The van der Waals surface area contributed by atoms with Crippen LogP contribution in [0, 0.1) is 0 Å². The molecule has 2 aliphatic heterocycles. The van der Waals surface area contributed by atoms with E-state index in [0.717, 1.165) is 30.3 Å². The highest BCUT2D eigenvalue weighted by Gasteiger charge is 2.27. The second-order valence-corrected chi connectivity index (χ2v) is 10.2. The summed E-state index contributed by atoms with van der Waals surface area (Å²) in [5.41, 5.74) is 1.07. The van der Waals surface area contributed by atoms with Crippen molar-refractivity contribution in [3.05, 3.63) is 35.5 Å². The number of benzene rings is 1. The predicted molar refractivity (Wildman–Crippen MR) is 143 cm³/mol. The summed E-state index contributed by atoms with van der Waals surface area (Å²) in [5, 5.41) is 0.829. The van der Waals surface area contributed by atoms with Crippen LogP contribution >= 0.6 is 23.4 Å². The molecule has 2 fully saturated rings. The molecule has 3 heterocycles. The third-order valence-electron chi connectivity index (χ3n) is 6.48. The number of nitrogens with zero attached hydrogens (tertiary/aromatic N) is 6. The summed E-state index contributed by atoms with van der Waals surface area (Å²) in [5.74, 6) is 2.00. The van der Waals surface area contributed by atoms with Gasteiger partial charge in [-0.15, -0.1) is 0 Å². The number of rotatable bonds is 7. The second kappa shape index (κ2) is 12.0. The summed E-state index contributed by atoms with van der Waals surface area (Å²) in [6.45, 7) is 11.0. The Morgan fingerprint density at radius 1 is 1.08 bits per heavy atom. The van der Waals surface area contributed by atoms with Crippen LogP contribution in [0.1, 0.15) is 20.8 Å². The van der Waals surface area contributed by atoms with E-state index in [1.54, 1.807) is 13.0 Å². The Hall–Kier alpha value is -2.72. The van der Waals surface area contributed by atoms with Crippen LogP contribution in [0.15, 0.2) is 35.5 Å². The van der Waals surface area contributed by atoms with E-state index in [4.69, 9.17) is 16.3 Å². The molecule has 2 aliphatic rings. The zero-order valence-corrected chi connectivity index (χ0v) is 22.6. The van der Waals surface area contributed by atoms with E-state index in [1.807, 2.05) is 41.8 Å². The molecule has 194 valence electrons. The zero-order valence-electron chi connectivity index (χ0n) is 21.0. The van der Waals surface area contributed by atoms with Crippen molar-refractivity contribution < 1.29 is 14.3 Å². The molecule has 2 saturated heterocycles. The lowest BCUT2D eigenvalue weighted by Crippen LogP contribution is -2.53. The van der Waals surface area contributed by atoms with Crippen molar-refractivity contribution in [2.45, 2.75) is 32.0 Å². The fourth-order valence-corrected chi connectivity index (χ4v) is 5.64. The predicted octanol–water partition coefficient (Wildman–Crippen LogP) is 3.03. The summed E-state index contributed by atoms with van der Waals surface area (Å²) >= 11 is 7.60. The molecule has 0 radical (unpaired) electrons. The highest BCUT2D eigenvalue weighted by Crippen LogP contribution is 2.29. The van der Waals surface area contributed by atoms with Crippen molar-refractivity contribution in [3.8, 4) is 5.75 Å². The number of anilines is 2. The van der Waals surface area contributed by atoms with Crippen LogP contribution in [0.25, 0.3) is 0 Å². The topological polar surface area (TPSA) is 82.1 Å². The quantitative estimate of drug-likeness (QED) is 0.306. The molecule has 0 N–H and O–H groups in total. The molecule has 0 saturated carbocycles. The first-order chi connectivity index (χ1) is 17.4. The third-order valence-corrected chi connectivity index (χ3v) is 7.51. The van der Waals surface area contributed by atoms with Gasteiger partial charge in [-0.25, -0.2) is 9.97 Å². The number of hydrogen-bond acceptors (Lipinski definition) is 8. The number of aromatic nitrogens is 2. The molecule has 9 nitrogen and oxygen atoms in total. The molecule has 0 bridgehead atoms. The van der Waals surface area contributed by atoms with Gasteiger partial charge in [-0.1, -0.05) is 35.5 Å². The lowest BCUT2D eigenvalue weighted by Gasteiger charge is -2.40. The SMILES string of the molecule is CCOc1ccccc1N1CCN(C(=O)CSc2nc(Cl)cc(N3CCN(C(C)=O)C(C)C3)n2)CC1. The van der Waals surface area contributed by atoms with Crippen LogP contribution in [-0.2, 0) is 9.59 Å². The molecule has 36 heavy (non-hydrogen) atoms. The van der Waals surface area contributed by atoms with E-state index in [9.17, 15) is 9.59 Å². The van der Waals surface area contributed by atoms with Crippen molar-refractivity contribution in [2.75, 3.05) is 68.0 Å². The molecule has 11 heteroatoms. The van der Waals surface area contributed by atoms with E-state index < -0.39 is 0 Å². The average Bonchev–Trinajstić information content (AvgIpc) is 2.87. The minimum Gasteiger partial charge on any atom is -0.492 e. The van der Waals surface area contributed by atoms with Crippen molar-refractivity contribution >= 4 is 46.7 Å². The number of amides is 2. The summed E-state index contributed by atoms with van der Waals surface area (Å²) in [6.07, 6.45) is 0. The van der Waals surface area contributed by atoms with E-state index in [2.05, 4.69) is 25.8 Å². The Morgan fingerprint density at radius 3 is 2.50 bits per heavy atom. The number of piperazine rings is 2. The average molecular weight is 533 g/mol.